The molecular formula is C15H25NO2. The van der Waals surface area contributed by atoms with Crippen LogP contribution in [0.4, 0.5) is 0 Å². The maximum absolute atomic E-state index is 8.83. The van der Waals surface area contributed by atoms with Gasteiger partial charge < -0.3 is 15.2 Å². The van der Waals surface area contributed by atoms with Gasteiger partial charge in [-0.3, -0.25) is 0 Å². The first-order valence-electron chi connectivity index (χ1n) is 6.60. The van der Waals surface area contributed by atoms with E-state index < -0.39 is 0 Å². The van der Waals surface area contributed by atoms with Crippen molar-refractivity contribution in [2.75, 3.05) is 13.7 Å². The van der Waals surface area contributed by atoms with Gasteiger partial charge in [0, 0.05) is 24.3 Å². The Morgan fingerprint density at radius 2 is 2.06 bits per heavy atom. The van der Waals surface area contributed by atoms with Crippen molar-refractivity contribution in [3.8, 4) is 5.75 Å². The molecule has 0 aliphatic carbocycles. The third-order valence-corrected chi connectivity index (χ3v) is 3.19. The minimum atomic E-state index is 0.245. The lowest BCUT2D eigenvalue weighted by molar-refractivity contribution is 0.274. The molecule has 0 aliphatic rings. The van der Waals surface area contributed by atoms with Crippen LogP contribution in [0.25, 0.3) is 0 Å². The average molecular weight is 251 g/mol. The molecule has 1 aromatic carbocycles. The minimum Gasteiger partial charge on any atom is -0.496 e. The van der Waals surface area contributed by atoms with Crippen LogP contribution in [-0.4, -0.2) is 24.9 Å². The van der Waals surface area contributed by atoms with E-state index >= 15 is 0 Å². The Bertz CT molecular complexity index is 366. The molecule has 2 atom stereocenters. The summed E-state index contributed by atoms with van der Waals surface area (Å²) >= 11 is 0. The van der Waals surface area contributed by atoms with Gasteiger partial charge in [-0.2, -0.15) is 0 Å². The van der Waals surface area contributed by atoms with Crippen LogP contribution in [0.5, 0.6) is 5.75 Å². The fraction of sp³-hybridized carbons (Fsp3) is 0.600. The summed E-state index contributed by atoms with van der Waals surface area (Å²) in [4.78, 5) is 0. The second-order valence-electron chi connectivity index (χ2n) is 4.90. The van der Waals surface area contributed by atoms with Crippen LogP contribution >= 0.6 is 0 Å². The number of methoxy groups -OCH3 is 1. The summed E-state index contributed by atoms with van der Waals surface area (Å²) in [6.45, 7) is 6.61. The number of nitrogens with one attached hydrogen (secondary N) is 1. The van der Waals surface area contributed by atoms with Gasteiger partial charge in [0.15, 0.2) is 0 Å². The summed E-state index contributed by atoms with van der Waals surface area (Å²) in [6, 6.07) is 6.91. The van der Waals surface area contributed by atoms with Gasteiger partial charge in [0.25, 0.3) is 0 Å². The molecule has 2 N–H and O–H groups in total. The second-order valence-corrected chi connectivity index (χ2v) is 4.90. The van der Waals surface area contributed by atoms with Crippen LogP contribution in [0.15, 0.2) is 18.2 Å². The van der Waals surface area contributed by atoms with Crippen LogP contribution in [0.2, 0.25) is 0 Å². The highest BCUT2D eigenvalue weighted by molar-refractivity contribution is 5.39. The van der Waals surface area contributed by atoms with Gasteiger partial charge in [0.2, 0.25) is 0 Å². The third-order valence-electron chi connectivity index (χ3n) is 3.19. The normalized spacial score (nSPS) is 14.3. The zero-order valence-corrected chi connectivity index (χ0v) is 11.9. The molecule has 1 rings (SSSR count). The van der Waals surface area contributed by atoms with E-state index in [2.05, 4.69) is 44.3 Å². The van der Waals surface area contributed by atoms with E-state index in [1.807, 2.05) is 0 Å². The van der Waals surface area contributed by atoms with Crippen LogP contribution in [0, 0.1) is 6.92 Å². The standard InChI is InChI=1S/C15H25NO2/c1-11-7-8-14(15(10-11)18-4)13(3)16-12(2)6-5-9-17/h7-8,10,12-13,16-17H,5-6,9H2,1-4H3. The Morgan fingerprint density at radius 1 is 1.33 bits per heavy atom. The highest BCUT2D eigenvalue weighted by atomic mass is 16.5. The number of aliphatic hydroxyl groups excluding tert-OH is 1. The molecule has 0 aromatic heterocycles. The number of aryl methyl sites for hydroxylation is 1. The van der Waals surface area contributed by atoms with Gasteiger partial charge in [-0.25, -0.2) is 0 Å². The molecule has 0 amide bonds. The van der Waals surface area contributed by atoms with Gasteiger partial charge in [0.05, 0.1) is 7.11 Å². The molecule has 3 heteroatoms. The van der Waals surface area contributed by atoms with Crippen molar-refractivity contribution < 1.29 is 9.84 Å². The molecule has 3 nitrogen and oxygen atoms in total. The topological polar surface area (TPSA) is 41.5 Å². The lowest BCUT2D eigenvalue weighted by atomic mass is 10.0. The van der Waals surface area contributed by atoms with E-state index in [1.165, 1.54) is 11.1 Å². The molecular weight excluding hydrogens is 226 g/mol. The zero-order valence-electron chi connectivity index (χ0n) is 11.9. The Morgan fingerprint density at radius 3 is 2.67 bits per heavy atom. The summed E-state index contributed by atoms with van der Waals surface area (Å²) in [7, 11) is 1.71. The Hall–Kier alpha value is -1.06. The number of hydrogen-bond acceptors (Lipinski definition) is 3. The molecule has 1 aromatic rings. The van der Waals surface area contributed by atoms with E-state index in [-0.39, 0.29) is 12.6 Å². The first kappa shape index (κ1) is 15.0. The van der Waals surface area contributed by atoms with Gasteiger partial charge in [-0.15, -0.1) is 0 Å². The van der Waals surface area contributed by atoms with Crippen LogP contribution < -0.4 is 10.1 Å². The average Bonchev–Trinajstić information content (AvgIpc) is 2.35. The predicted octanol–water partition coefficient (Wildman–Crippen LogP) is 2.82. The fourth-order valence-electron chi connectivity index (χ4n) is 2.17. The van der Waals surface area contributed by atoms with Crippen molar-refractivity contribution >= 4 is 0 Å². The SMILES string of the molecule is COc1cc(C)ccc1C(C)NC(C)CCCO. The molecule has 0 saturated heterocycles. The fourth-order valence-corrected chi connectivity index (χ4v) is 2.17. The van der Waals surface area contributed by atoms with Gasteiger partial charge in [0.1, 0.15) is 5.75 Å². The first-order valence-corrected chi connectivity index (χ1v) is 6.60. The highest BCUT2D eigenvalue weighted by Crippen LogP contribution is 2.26. The maximum Gasteiger partial charge on any atom is 0.123 e. The molecule has 0 saturated carbocycles. The van der Waals surface area contributed by atoms with Crippen molar-refractivity contribution in [1.82, 2.24) is 5.32 Å². The van der Waals surface area contributed by atoms with E-state index in [4.69, 9.17) is 9.84 Å². The van der Waals surface area contributed by atoms with Gasteiger partial charge >= 0.3 is 0 Å². The second kappa shape index (κ2) is 7.39. The summed E-state index contributed by atoms with van der Waals surface area (Å²) in [5.41, 5.74) is 2.38. The number of aliphatic hydroxyl groups is 1. The predicted molar refractivity (Wildman–Crippen MR) is 75.1 cm³/mol. The lowest BCUT2D eigenvalue weighted by Gasteiger charge is -2.22. The molecule has 102 valence electrons. The quantitative estimate of drug-likeness (QED) is 0.783. The monoisotopic (exact) mass is 251 g/mol. The largest absolute Gasteiger partial charge is 0.496 e. The first-order chi connectivity index (χ1) is 8.58. The number of rotatable bonds is 7. The lowest BCUT2D eigenvalue weighted by Crippen LogP contribution is -2.29. The van der Waals surface area contributed by atoms with Crippen LogP contribution in [0.1, 0.15) is 43.9 Å². The molecule has 2 unspecified atom stereocenters. The molecule has 0 bridgehead atoms. The molecule has 0 heterocycles. The van der Waals surface area contributed by atoms with Crippen molar-refractivity contribution in [3.63, 3.8) is 0 Å². The van der Waals surface area contributed by atoms with Crippen molar-refractivity contribution in [2.24, 2.45) is 0 Å². The number of ether oxygens (including phenoxy) is 1. The summed E-state index contributed by atoms with van der Waals surface area (Å²) in [5.74, 6) is 0.935. The Kier molecular flexibility index (Phi) is 6.16. The van der Waals surface area contributed by atoms with Crippen LogP contribution in [0.3, 0.4) is 0 Å². The summed E-state index contributed by atoms with van der Waals surface area (Å²) < 4.78 is 5.43. The smallest absolute Gasteiger partial charge is 0.123 e. The van der Waals surface area contributed by atoms with Crippen molar-refractivity contribution in [3.05, 3.63) is 29.3 Å². The van der Waals surface area contributed by atoms with E-state index in [0.29, 0.717) is 6.04 Å². The summed E-state index contributed by atoms with van der Waals surface area (Å²) in [5, 5.41) is 12.4. The molecule has 0 fully saturated rings. The number of benzene rings is 1. The molecule has 18 heavy (non-hydrogen) atoms. The van der Waals surface area contributed by atoms with Gasteiger partial charge in [-0.05, 0) is 45.2 Å². The minimum absolute atomic E-state index is 0.245. The Labute approximate surface area is 110 Å². The van der Waals surface area contributed by atoms with Crippen molar-refractivity contribution in [1.29, 1.82) is 0 Å². The molecule has 0 aliphatic heterocycles. The summed E-state index contributed by atoms with van der Waals surface area (Å²) in [6.07, 6.45) is 1.82. The van der Waals surface area contributed by atoms with Crippen molar-refractivity contribution in [2.45, 2.75) is 45.7 Å². The van der Waals surface area contributed by atoms with Crippen LogP contribution in [-0.2, 0) is 0 Å². The molecule has 0 spiro atoms. The van der Waals surface area contributed by atoms with E-state index in [9.17, 15) is 0 Å². The molecule has 0 radical (unpaired) electrons. The number of hydrogen-bond donors (Lipinski definition) is 2. The maximum atomic E-state index is 8.83. The van der Waals surface area contributed by atoms with E-state index in [1.54, 1.807) is 7.11 Å². The van der Waals surface area contributed by atoms with E-state index in [0.717, 1.165) is 18.6 Å². The highest BCUT2D eigenvalue weighted by Gasteiger charge is 2.13. The van der Waals surface area contributed by atoms with Gasteiger partial charge in [-0.1, -0.05) is 12.1 Å². The Balaban J connectivity index is 2.68. The zero-order chi connectivity index (χ0) is 13.5. The third kappa shape index (κ3) is 4.31.